The summed E-state index contributed by atoms with van der Waals surface area (Å²) in [5, 5.41) is 39.2. The molecule has 0 radical (unpaired) electrons. The number of allylic oxidation sites excluding steroid dienone is 6. The molecular formula is C46H26N4O2S2. The average Bonchev–Trinajstić information content (AvgIpc) is 3.98. The Hall–Kier alpha value is -6.68. The van der Waals surface area contributed by atoms with E-state index in [4.69, 9.17) is 0 Å². The predicted molar refractivity (Wildman–Crippen MR) is 211 cm³/mol. The highest BCUT2D eigenvalue weighted by molar-refractivity contribution is 7.17. The molecule has 8 heteroatoms. The standard InChI is InChI=1S/C46H26N4O2S2/c1-45(2)35-17-32-36(18-31(35)43-37(45)15-25(53-43)13-33-39(23(19-47)20-48)27-9-5-7-11-29(27)41(33)51)46(3,4)38-16-26(54-44(32)38)14-34-40(24(21-49)22-50)28-10-6-8-12-30(28)42(34)52/h5-18H,1-4H3/b33-13-,34-14-. The van der Waals surface area contributed by atoms with Gasteiger partial charge in [-0.15, -0.1) is 22.7 Å². The number of benzene rings is 3. The van der Waals surface area contributed by atoms with Crippen molar-refractivity contribution < 1.29 is 9.59 Å². The quantitative estimate of drug-likeness (QED) is 0.131. The number of Topliss-reactive ketones (excluding diaryl/α,β-unsaturated/α-hetero) is 2. The number of fused-ring (bicyclic) bond motifs is 8. The number of rotatable bonds is 2. The van der Waals surface area contributed by atoms with E-state index in [0.717, 1.165) is 41.8 Å². The predicted octanol–water partition coefficient (Wildman–Crippen LogP) is 10.6. The number of ketones is 2. The number of thiophene rings is 2. The van der Waals surface area contributed by atoms with E-state index in [1.165, 1.54) is 11.1 Å². The highest BCUT2D eigenvalue weighted by Gasteiger charge is 2.44. The average molecular weight is 731 g/mol. The van der Waals surface area contributed by atoms with Gasteiger partial charge in [0, 0.05) is 63.8 Å². The number of nitrogens with zero attached hydrogens (tertiary/aromatic N) is 4. The second kappa shape index (κ2) is 11.4. The first kappa shape index (κ1) is 33.2. The van der Waals surface area contributed by atoms with Crippen molar-refractivity contribution in [3.8, 4) is 45.2 Å². The topological polar surface area (TPSA) is 129 Å². The molecule has 4 aliphatic rings. The Kier molecular flexibility index (Phi) is 7.01. The lowest BCUT2D eigenvalue weighted by atomic mass is 9.79. The van der Waals surface area contributed by atoms with Crippen LogP contribution in [0.5, 0.6) is 0 Å². The third-order valence-corrected chi connectivity index (χ3v) is 13.5. The molecule has 0 N–H and O–H groups in total. The smallest absolute Gasteiger partial charge is 0.194 e. The number of hydrogen-bond donors (Lipinski definition) is 0. The molecule has 0 saturated heterocycles. The summed E-state index contributed by atoms with van der Waals surface area (Å²) in [4.78, 5) is 31.3. The van der Waals surface area contributed by atoms with Gasteiger partial charge in [0.05, 0.1) is 0 Å². The first-order chi connectivity index (χ1) is 25.9. The van der Waals surface area contributed by atoms with Crippen molar-refractivity contribution in [3.63, 3.8) is 0 Å². The van der Waals surface area contributed by atoms with Gasteiger partial charge in [0.1, 0.15) is 35.4 Å². The van der Waals surface area contributed by atoms with Crippen molar-refractivity contribution in [1.29, 1.82) is 21.0 Å². The second-order valence-corrected chi connectivity index (χ2v) is 17.0. The summed E-state index contributed by atoms with van der Waals surface area (Å²) >= 11 is 3.22. The van der Waals surface area contributed by atoms with Gasteiger partial charge in [-0.2, -0.15) is 21.0 Å². The Morgan fingerprint density at radius 2 is 0.870 bits per heavy atom. The number of carbonyl (C=O) groups is 2. The van der Waals surface area contributed by atoms with Gasteiger partial charge in [0.25, 0.3) is 0 Å². The zero-order chi connectivity index (χ0) is 37.8. The molecule has 4 aliphatic carbocycles. The van der Waals surface area contributed by atoms with Gasteiger partial charge in [-0.05, 0) is 80.9 Å². The van der Waals surface area contributed by atoms with Crippen LogP contribution in [0, 0.1) is 45.3 Å². The van der Waals surface area contributed by atoms with Crippen LogP contribution < -0.4 is 0 Å². The monoisotopic (exact) mass is 730 g/mol. The molecule has 0 atom stereocenters. The Morgan fingerprint density at radius 3 is 1.22 bits per heavy atom. The molecule has 9 rings (SSSR count). The molecule has 2 heterocycles. The van der Waals surface area contributed by atoms with Gasteiger partial charge >= 0.3 is 0 Å². The minimum atomic E-state index is -0.347. The number of hydrogen-bond acceptors (Lipinski definition) is 8. The van der Waals surface area contributed by atoms with Crippen molar-refractivity contribution in [1.82, 2.24) is 0 Å². The fraction of sp³-hybridized carbons (Fsp3) is 0.130. The summed E-state index contributed by atoms with van der Waals surface area (Å²) in [6.45, 7) is 8.85. The highest BCUT2D eigenvalue weighted by atomic mass is 32.1. The molecule has 0 spiro atoms. The molecule has 3 aromatic carbocycles. The van der Waals surface area contributed by atoms with Crippen LogP contribution in [-0.2, 0) is 10.8 Å². The molecule has 0 saturated carbocycles. The Labute approximate surface area is 319 Å². The van der Waals surface area contributed by atoms with Crippen LogP contribution >= 0.6 is 22.7 Å². The fourth-order valence-corrected chi connectivity index (χ4v) is 11.2. The highest BCUT2D eigenvalue weighted by Crippen LogP contribution is 2.59. The van der Waals surface area contributed by atoms with Gasteiger partial charge in [-0.25, -0.2) is 0 Å². The fourth-order valence-electron chi connectivity index (χ4n) is 8.57. The van der Waals surface area contributed by atoms with Crippen LogP contribution in [0.2, 0.25) is 0 Å². The molecule has 6 nitrogen and oxygen atoms in total. The minimum absolute atomic E-state index is 0.0788. The zero-order valence-electron chi connectivity index (χ0n) is 29.5. The van der Waals surface area contributed by atoms with Crippen LogP contribution in [0.25, 0.3) is 44.2 Å². The largest absolute Gasteiger partial charge is 0.289 e. The lowest BCUT2D eigenvalue weighted by molar-refractivity contribution is 0.103. The third kappa shape index (κ3) is 4.33. The molecule has 0 bridgehead atoms. The Morgan fingerprint density at radius 1 is 0.519 bits per heavy atom. The molecule has 0 unspecified atom stereocenters. The first-order valence-electron chi connectivity index (χ1n) is 17.2. The molecule has 0 fully saturated rings. The lowest BCUT2D eigenvalue weighted by Crippen LogP contribution is -2.16. The van der Waals surface area contributed by atoms with Gasteiger partial charge in [-0.1, -0.05) is 76.2 Å². The first-order valence-corrected chi connectivity index (χ1v) is 18.9. The molecule has 5 aromatic rings. The molecule has 54 heavy (non-hydrogen) atoms. The van der Waals surface area contributed by atoms with Crippen LogP contribution in [0.4, 0.5) is 0 Å². The van der Waals surface area contributed by atoms with Gasteiger partial charge < -0.3 is 0 Å². The normalized spacial score (nSPS) is 17.6. The maximum Gasteiger partial charge on any atom is 0.194 e. The molecule has 254 valence electrons. The Bertz CT molecular complexity index is 2730. The van der Waals surface area contributed by atoms with E-state index < -0.39 is 0 Å². The molecule has 2 aromatic heterocycles. The summed E-state index contributed by atoms with van der Waals surface area (Å²) in [5.41, 5.74) is 9.90. The summed E-state index contributed by atoms with van der Waals surface area (Å²) in [7, 11) is 0. The van der Waals surface area contributed by atoms with Crippen molar-refractivity contribution in [2.24, 2.45) is 0 Å². The zero-order valence-corrected chi connectivity index (χ0v) is 31.1. The lowest BCUT2D eigenvalue weighted by Gasteiger charge is -2.24. The van der Waals surface area contributed by atoms with Crippen LogP contribution in [0.15, 0.2) is 95.1 Å². The van der Waals surface area contributed by atoms with Gasteiger partial charge in [0.2, 0.25) is 0 Å². The maximum absolute atomic E-state index is 13.6. The van der Waals surface area contributed by atoms with Crippen LogP contribution in [0.3, 0.4) is 0 Å². The van der Waals surface area contributed by atoms with Crippen molar-refractivity contribution in [2.45, 2.75) is 38.5 Å². The number of nitriles is 4. The molecule has 0 amide bonds. The second-order valence-electron chi connectivity index (χ2n) is 14.8. The summed E-state index contributed by atoms with van der Waals surface area (Å²) in [6, 6.07) is 31.1. The van der Waals surface area contributed by atoms with Crippen LogP contribution in [-0.4, -0.2) is 11.6 Å². The van der Waals surface area contributed by atoms with E-state index >= 15 is 0 Å². The maximum atomic E-state index is 13.6. The third-order valence-electron chi connectivity index (χ3n) is 11.3. The van der Waals surface area contributed by atoms with Gasteiger partial charge in [0.15, 0.2) is 11.6 Å². The van der Waals surface area contributed by atoms with E-state index in [9.17, 15) is 30.6 Å². The van der Waals surface area contributed by atoms with E-state index in [1.807, 2.05) is 48.6 Å². The van der Waals surface area contributed by atoms with E-state index in [2.05, 4.69) is 52.0 Å². The summed E-state index contributed by atoms with van der Waals surface area (Å²) in [5.74, 6) is -0.385. The van der Waals surface area contributed by atoms with Crippen molar-refractivity contribution in [2.75, 3.05) is 0 Å². The number of carbonyl (C=O) groups excluding carboxylic acids is 2. The Balaban J connectivity index is 1.14. The molecular weight excluding hydrogens is 705 g/mol. The SMILES string of the molecule is CC1(C)c2cc3c(cc2-c2sc(/C=C4\C(=O)c5ccccc5C4=C(C#N)C#N)cc21)C(C)(C)c1cc(/C=C2\C(=O)c4ccccc4C2=C(C#N)C#N)sc1-3. The van der Waals surface area contributed by atoms with E-state index in [0.29, 0.717) is 44.5 Å². The summed E-state index contributed by atoms with van der Waals surface area (Å²) < 4.78 is 0. The van der Waals surface area contributed by atoms with Gasteiger partial charge in [-0.3, -0.25) is 9.59 Å². The molecule has 0 aliphatic heterocycles. The minimum Gasteiger partial charge on any atom is -0.289 e. The van der Waals surface area contributed by atoms with E-state index in [-0.39, 0.29) is 33.5 Å². The van der Waals surface area contributed by atoms with E-state index in [1.54, 1.807) is 59.1 Å². The van der Waals surface area contributed by atoms with Crippen molar-refractivity contribution >= 4 is 57.5 Å². The van der Waals surface area contributed by atoms with Crippen LogP contribution in [0.1, 0.15) is 91.5 Å². The summed E-state index contributed by atoms with van der Waals surface area (Å²) in [6.07, 6.45) is 3.67. The van der Waals surface area contributed by atoms with Crippen molar-refractivity contribution in [3.05, 3.63) is 149 Å².